The predicted molar refractivity (Wildman–Crippen MR) is 51.4 cm³/mol. The minimum atomic E-state index is 0.289. The number of aryl methyl sites for hydroxylation is 1. The third kappa shape index (κ3) is 1.91. The smallest absolute Gasteiger partial charge is 0.283 e. The summed E-state index contributed by atoms with van der Waals surface area (Å²) in [6.07, 6.45) is 0.545. The van der Waals surface area contributed by atoms with Crippen molar-refractivity contribution in [1.82, 2.24) is 10.2 Å². The molecular weight excluding hydrogens is 227 g/mol. The van der Waals surface area contributed by atoms with E-state index in [-0.39, 0.29) is 5.22 Å². The van der Waals surface area contributed by atoms with Crippen molar-refractivity contribution < 1.29 is 8.83 Å². The number of rotatable bonds is 3. The van der Waals surface area contributed by atoms with Gasteiger partial charge in [0.25, 0.3) is 5.89 Å². The van der Waals surface area contributed by atoms with E-state index >= 15 is 0 Å². The van der Waals surface area contributed by atoms with Crippen LogP contribution in [-0.2, 0) is 6.42 Å². The van der Waals surface area contributed by atoms with Crippen LogP contribution < -0.4 is 0 Å². The van der Waals surface area contributed by atoms with Crippen molar-refractivity contribution in [3.05, 3.63) is 23.2 Å². The van der Waals surface area contributed by atoms with Crippen LogP contribution in [0.25, 0.3) is 11.7 Å². The van der Waals surface area contributed by atoms with Crippen LogP contribution in [0.2, 0.25) is 5.22 Å². The highest BCUT2D eigenvalue weighted by atomic mass is 35.5. The molecule has 0 amide bonds. The van der Waals surface area contributed by atoms with E-state index in [4.69, 9.17) is 32.0 Å². The van der Waals surface area contributed by atoms with Crippen LogP contribution in [0, 0.1) is 0 Å². The molecule has 0 fully saturated rings. The van der Waals surface area contributed by atoms with E-state index in [1.54, 1.807) is 12.1 Å². The first kappa shape index (κ1) is 9.55. The molecule has 0 spiro atoms. The summed E-state index contributed by atoms with van der Waals surface area (Å²) in [5.74, 6) is 1.71. The fraction of sp³-hybridized carbons (Fsp3) is 0.250. The van der Waals surface area contributed by atoms with Crippen LogP contribution in [0.4, 0.5) is 0 Å². The minimum Gasteiger partial charge on any atom is -0.440 e. The van der Waals surface area contributed by atoms with Gasteiger partial charge in [-0.25, -0.2) is 0 Å². The van der Waals surface area contributed by atoms with Gasteiger partial charge in [-0.2, -0.15) is 0 Å². The average molecular weight is 233 g/mol. The molecule has 0 bridgehead atoms. The molecule has 0 aliphatic carbocycles. The van der Waals surface area contributed by atoms with E-state index in [2.05, 4.69) is 10.2 Å². The zero-order valence-corrected chi connectivity index (χ0v) is 8.55. The normalized spacial score (nSPS) is 10.7. The number of nitrogens with zero attached hydrogens (tertiary/aromatic N) is 2. The molecule has 0 unspecified atom stereocenters. The number of hydrogen-bond acceptors (Lipinski definition) is 4. The summed E-state index contributed by atoms with van der Waals surface area (Å²) in [5.41, 5.74) is 0. The van der Waals surface area contributed by atoms with Gasteiger partial charge in [-0.05, 0) is 23.7 Å². The van der Waals surface area contributed by atoms with E-state index in [1.807, 2.05) is 0 Å². The van der Waals surface area contributed by atoms with Gasteiger partial charge in [-0.1, -0.05) is 0 Å². The minimum absolute atomic E-state index is 0.289. The summed E-state index contributed by atoms with van der Waals surface area (Å²) in [6, 6.07) is 3.28. The van der Waals surface area contributed by atoms with Crippen LogP contribution in [0.5, 0.6) is 0 Å². The quantitative estimate of drug-likeness (QED) is 0.764. The molecule has 0 saturated heterocycles. The number of hydrogen-bond donors (Lipinski definition) is 0. The lowest BCUT2D eigenvalue weighted by atomic mass is 10.4. The molecule has 2 heterocycles. The Bertz CT molecular complexity index is 424. The third-order valence-corrected chi connectivity index (χ3v) is 1.95. The summed E-state index contributed by atoms with van der Waals surface area (Å²) in [6.45, 7) is 0. The van der Waals surface area contributed by atoms with Crippen molar-refractivity contribution in [1.29, 1.82) is 0 Å². The van der Waals surface area contributed by atoms with Crippen molar-refractivity contribution in [3.8, 4) is 11.7 Å². The number of alkyl halides is 1. The zero-order valence-electron chi connectivity index (χ0n) is 7.04. The maximum atomic E-state index is 5.60. The summed E-state index contributed by atoms with van der Waals surface area (Å²) in [4.78, 5) is 0. The fourth-order valence-corrected chi connectivity index (χ4v) is 1.27. The van der Waals surface area contributed by atoms with Crippen LogP contribution >= 0.6 is 23.2 Å². The van der Waals surface area contributed by atoms with Gasteiger partial charge in [-0.3, -0.25) is 0 Å². The fourth-order valence-electron chi connectivity index (χ4n) is 0.964. The highest BCUT2D eigenvalue weighted by Crippen LogP contribution is 2.23. The van der Waals surface area contributed by atoms with Crippen LogP contribution in [-0.4, -0.2) is 16.1 Å². The van der Waals surface area contributed by atoms with E-state index in [0.29, 0.717) is 29.8 Å². The molecule has 2 aromatic rings. The second-order valence-corrected chi connectivity index (χ2v) is 3.29. The standard InChI is InChI=1S/C8H6Cl2N2O2/c9-4-3-7-11-12-8(14-7)5-1-2-6(10)13-5/h1-2H,3-4H2. The van der Waals surface area contributed by atoms with Gasteiger partial charge < -0.3 is 8.83 Å². The van der Waals surface area contributed by atoms with Gasteiger partial charge in [-0.15, -0.1) is 21.8 Å². The molecule has 0 N–H and O–H groups in total. The molecule has 0 aliphatic heterocycles. The second-order valence-electron chi connectivity index (χ2n) is 2.54. The van der Waals surface area contributed by atoms with Crippen LogP contribution in [0.3, 0.4) is 0 Å². The Morgan fingerprint density at radius 2 is 2.07 bits per heavy atom. The van der Waals surface area contributed by atoms with E-state index in [1.165, 1.54) is 0 Å². The first-order valence-electron chi connectivity index (χ1n) is 3.93. The first-order valence-corrected chi connectivity index (χ1v) is 4.85. The highest BCUT2D eigenvalue weighted by molar-refractivity contribution is 6.28. The molecule has 14 heavy (non-hydrogen) atoms. The lowest BCUT2D eigenvalue weighted by molar-refractivity contribution is 0.485. The van der Waals surface area contributed by atoms with Gasteiger partial charge in [0.15, 0.2) is 11.0 Å². The topological polar surface area (TPSA) is 52.1 Å². The van der Waals surface area contributed by atoms with Crippen molar-refractivity contribution in [2.45, 2.75) is 6.42 Å². The van der Waals surface area contributed by atoms with Gasteiger partial charge in [0.05, 0.1) is 0 Å². The lowest BCUT2D eigenvalue weighted by Gasteiger charge is -1.86. The Morgan fingerprint density at radius 3 is 2.71 bits per heavy atom. The number of halogens is 2. The first-order chi connectivity index (χ1) is 6.79. The zero-order chi connectivity index (χ0) is 9.97. The molecule has 0 aromatic carbocycles. The molecule has 0 aliphatic rings. The van der Waals surface area contributed by atoms with Gasteiger partial charge >= 0.3 is 0 Å². The summed E-state index contributed by atoms with van der Waals surface area (Å²) >= 11 is 11.1. The molecule has 6 heteroatoms. The molecule has 2 rings (SSSR count). The Labute approximate surface area is 89.8 Å². The SMILES string of the molecule is ClCCc1nnc(-c2ccc(Cl)o2)o1. The monoisotopic (exact) mass is 232 g/mol. The Balaban J connectivity index is 2.24. The molecule has 0 saturated carbocycles. The summed E-state index contributed by atoms with van der Waals surface area (Å²) in [7, 11) is 0. The molecule has 0 atom stereocenters. The molecular formula is C8H6Cl2N2O2. The predicted octanol–water partition coefficient (Wildman–Crippen LogP) is 2.76. The summed E-state index contributed by atoms with van der Waals surface area (Å²) < 4.78 is 10.4. The maximum absolute atomic E-state index is 5.60. The van der Waals surface area contributed by atoms with E-state index in [9.17, 15) is 0 Å². The lowest BCUT2D eigenvalue weighted by Crippen LogP contribution is -1.84. The van der Waals surface area contributed by atoms with Gasteiger partial charge in [0.2, 0.25) is 5.89 Å². The van der Waals surface area contributed by atoms with Crippen molar-refractivity contribution in [2.75, 3.05) is 5.88 Å². The number of furan rings is 1. The molecule has 4 nitrogen and oxygen atoms in total. The second kappa shape index (κ2) is 4.02. The highest BCUT2D eigenvalue weighted by Gasteiger charge is 2.11. The molecule has 74 valence electrons. The largest absolute Gasteiger partial charge is 0.440 e. The van der Waals surface area contributed by atoms with E-state index in [0.717, 1.165) is 0 Å². The van der Waals surface area contributed by atoms with E-state index < -0.39 is 0 Å². The van der Waals surface area contributed by atoms with Crippen molar-refractivity contribution in [2.24, 2.45) is 0 Å². The Hall–Kier alpha value is -1.00. The Morgan fingerprint density at radius 1 is 1.21 bits per heavy atom. The van der Waals surface area contributed by atoms with Gasteiger partial charge in [0, 0.05) is 12.3 Å². The van der Waals surface area contributed by atoms with Crippen molar-refractivity contribution >= 4 is 23.2 Å². The molecule has 2 aromatic heterocycles. The molecule has 0 radical (unpaired) electrons. The van der Waals surface area contributed by atoms with Gasteiger partial charge in [0.1, 0.15) is 0 Å². The number of aromatic nitrogens is 2. The Kier molecular flexibility index (Phi) is 2.74. The third-order valence-electron chi connectivity index (χ3n) is 1.56. The summed E-state index contributed by atoms with van der Waals surface area (Å²) in [5, 5.41) is 7.87. The van der Waals surface area contributed by atoms with Crippen LogP contribution in [0.15, 0.2) is 21.0 Å². The average Bonchev–Trinajstić information content (AvgIpc) is 2.74. The maximum Gasteiger partial charge on any atom is 0.283 e. The van der Waals surface area contributed by atoms with Crippen molar-refractivity contribution in [3.63, 3.8) is 0 Å². The van der Waals surface area contributed by atoms with Crippen LogP contribution in [0.1, 0.15) is 5.89 Å².